The molecule has 2 aromatic carbocycles. The molecule has 0 saturated heterocycles. The molecule has 0 saturated carbocycles. The number of carbonyl (C=O) groups excluding carboxylic acids is 1. The second-order valence-electron chi connectivity index (χ2n) is 6.71. The Morgan fingerprint density at radius 2 is 1.81 bits per heavy atom. The molecule has 0 bridgehead atoms. The van der Waals surface area contributed by atoms with E-state index < -0.39 is 6.10 Å². The number of ether oxygens (including phenoxy) is 3. The van der Waals surface area contributed by atoms with Gasteiger partial charge in [0.1, 0.15) is 5.75 Å². The van der Waals surface area contributed by atoms with Crippen molar-refractivity contribution in [1.29, 1.82) is 0 Å². The quantitative estimate of drug-likeness (QED) is 0.771. The topological polar surface area (TPSA) is 56.8 Å². The monoisotopic (exact) mass is 369 g/mol. The van der Waals surface area contributed by atoms with Crippen molar-refractivity contribution in [2.75, 3.05) is 14.2 Å². The molecule has 0 aliphatic heterocycles. The van der Waals surface area contributed by atoms with Gasteiger partial charge in [0.05, 0.1) is 14.2 Å². The summed E-state index contributed by atoms with van der Waals surface area (Å²) in [6, 6.07) is 11.8. The van der Waals surface area contributed by atoms with Gasteiger partial charge in [0.2, 0.25) is 0 Å². The van der Waals surface area contributed by atoms with Crippen LogP contribution in [0.2, 0.25) is 0 Å². The summed E-state index contributed by atoms with van der Waals surface area (Å²) >= 11 is 0. The third kappa shape index (κ3) is 4.54. The number of benzene rings is 2. The largest absolute Gasteiger partial charge is 0.493 e. The number of hydrogen-bond donors (Lipinski definition) is 1. The molecule has 5 heteroatoms. The Balaban J connectivity index is 1.60. The molecule has 1 unspecified atom stereocenters. The molecule has 3 rings (SSSR count). The van der Waals surface area contributed by atoms with Crippen molar-refractivity contribution in [1.82, 2.24) is 5.32 Å². The molecule has 0 spiro atoms. The molecule has 0 aromatic heterocycles. The van der Waals surface area contributed by atoms with E-state index in [2.05, 4.69) is 17.4 Å². The molecule has 1 N–H and O–H groups in total. The second kappa shape index (κ2) is 8.80. The molecule has 0 fully saturated rings. The minimum absolute atomic E-state index is 0.118. The first-order valence-electron chi connectivity index (χ1n) is 9.41. The Bertz CT molecular complexity index is 803. The Morgan fingerprint density at radius 3 is 2.56 bits per heavy atom. The van der Waals surface area contributed by atoms with E-state index in [0.29, 0.717) is 24.5 Å². The Kier molecular flexibility index (Phi) is 6.22. The highest BCUT2D eigenvalue weighted by atomic mass is 16.5. The summed E-state index contributed by atoms with van der Waals surface area (Å²) in [5.74, 6) is 1.96. The van der Waals surface area contributed by atoms with Gasteiger partial charge in [0, 0.05) is 6.54 Å². The van der Waals surface area contributed by atoms with E-state index in [9.17, 15) is 4.79 Å². The van der Waals surface area contributed by atoms with Gasteiger partial charge in [-0.25, -0.2) is 0 Å². The van der Waals surface area contributed by atoms with Crippen molar-refractivity contribution in [3.63, 3.8) is 0 Å². The van der Waals surface area contributed by atoms with Crippen LogP contribution in [-0.4, -0.2) is 26.2 Å². The number of methoxy groups -OCH3 is 2. The highest BCUT2D eigenvalue weighted by Crippen LogP contribution is 2.28. The van der Waals surface area contributed by atoms with Crippen LogP contribution < -0.4 is 19.5 Å². The highest BCUT2D eigenvalue weighted by molar-refractivity contribution is 5.81. The standard InChI is InChI=1S/C22H27NO4/c1-4-19(27-18-10-9-16-6-5-7-17(16)13-18)22(24)23-14-15-8-11-20(25-2)21(12-15)26-3/h8-13,19H,4-7,14H2,1-3H3,(H,23,24). The van der Waals surface area contributed by atoms with Gasteiger partial charge in [-0.3, -0.25) is 4.79 Å². The van der Waals surface area contributed by atoms with E-state index in [1.807, 2.05) is 31.2 Å². The summed E-state index contributed by atoms with van der Waals surface area (Å²) in [6.07, 6.45) is 3.52. The van der Waals surface area contributed by atoms with Crippen LogP contribution in [0.25, 0.3) is 0 Å². The number of rotatable bonds is 8. The van der Waals surface area contributed by atoms with Gasteiger partial charge in [0.25, 0.3) is 5.91 Å². The molecule has 5 nitrogen and oxygen atoms in total. The van der Waals surface area contributed by atoms with E-state index in [1.54, 1.807) is 14.2 Å². The average Bonchev–Trinajstić information content (AvgIpc) is 3.17. The Morgan fingerprint density at radius 1 is 1.04 bits per heavy atom. The SMILES string of the molecule is CCC(Oc1ccc2c(c1)CCC2)C(=O)NCc1ccc(OC)c(OC)c1. The smallest absolute Gasteiger partial charge is 0.261 e. The van der Waals surface area contributed by atoms with Gasteiger partial charge in [0.15, 0.2) is 17.6 Å². The average molecular weight is 369 g/mol. The maximum absolute atomic E-state index is 12.6. The summed E-state index contributed by atoms with van der Waals surface area (Å²) in [7, 11) is 3.19. The van der Waals surface area contributed by atoms with E-state index in [1.165, 1.54) is 17.5 Å². The van der Waals surface area contributed by atoms with E-state index in [-0.39, 0.29) is 5.91 Å². The van der Waals surface area contributed by atoms with Crippen molar-refractivity contribution in [2.45, 2.75) is 45.3 Å². The lowest BCUT2D eigenvalue weighted by Gasteiger charge is -2.18. The normalized spacial score (nSPS) is 13.6. The van der Waals surface area contributed by atoms with Crippen LogP contribution in [0.1, 0.15) is 36.5 Å². The lowest BCUT2D eigenvalue weighted by Crippen LogP contribution is -2.37. The Hall–Kier alpha value is -2.69. The molecule has 1 aliphatic rings. The van der Waals surface area contributed by atoms with Crippen LogP contribution in [-0.2, 0) is 24.2 Å². The molecular weight excluding hydrogens is 342 g/mol. The van der Waals surface area contributed by atoms with Gasteiger partial charge in [-0.2, -0.15) is 0 Å². The first kappa shape index (κ1) is 19.1. The predicted molar refractivity (Wildman–Crippen MR) is 105 cm³/mol. The highest BCUT2D eigenvalue weighted by Gasteiger charge is 2.19. The fourth-order valence-electron chi connectivity index (χ4n) is 3.40. The minimum atomic E-state index is -0.510. The molecule has 0 radical (unpaired) electrons. The summed E-state index contributed by atoms with van der Waals surface area (Å²) < 4.78 is 16.5. The fraction of sp³-hybridized carbons (Fsp3) is 0.409. The Labute approximate surface area is 160 Å². The first-order valence-corrected chi connectivity index (χ1v) is 9.41. The van der Waals surface area contributed by atoms with E-state index in [4.69, 9.17) is 14.2 Å². The summed E-state index contributed by atoms with van der Waals surface area (Å²) in [5, 5.41) is 2.95. The van der Waals surface area contributed by atoms with Crippen molar-refractivity contribution in [3.05, 3.63) is 53.1 Å². The molecule has 144 valence electrons. The lowest BCUT2D eigenvalue weighted by molar-refractivity contribution is -0.128. The summed E-state index contributed by atoms with van der Waals surface area (Å²) in [5.41, 5.74) is 3.68. The lowest BCUT2D eigenvalue weighted by atomic mass is 10.1. The van der Waals surface area contributed by atoms with Gasteiger partial charge in [-0.1, -0.05) is 19.1 Å². The zero-order valence-electron chi connectivity index (χ0n) is 16.2. The molecule has 1 aliphatic carbocycles. The van der Waals surface area contributed by atoms with E-state index in [0.717, 1.165) is 24.2 Å². The zero-order valence-corrected chi connectivity index (χ0v) is 16.2. The van der Waals surface area contributed by atoms with Gasteiger partial charge < -0.3 is 19.5 Å². The van der Waals surface area contributed by atoms with Crippen LogP contribution in [0.15, 0.2) is 36.4 Å². The predicted octanol–water partition coefficient (Wildman–Crippen LogP) is 3.67. The van der Waals surface area contributed by atoms with Crippen molar-refractivity contribution >= 4 is 5.91 Å². The third-order valence-corrected chi connectivity index (χ3v) is 4.93. The summed E-state index contributed by atoms with van der Waals surface area (Å²) in [6.45, 7) is 2.36. The number of nitrogens with one attached hydrogen (secondary N) is 1. The molecule has 2 aromatic rings. The van der Waals surface area contributed by atoms with Gasteiger partial charge in [-0.15, -0.1) is 0 Å². The maximum Gasteiger partial charge on any atom is 0.261 e. The first-order chi connectivity index (χ1) is 13.1. The minimum Gasteiger partial charge on any atom is -0.493 e. The number of aryl methyl sites for hydroxylation is 2. The summed E-state index contributed by atoms with van der Waals surface area (Å²) in [4.78, 5) is 12.6. The van der Waals surface area contributed by atoms with Crippen molar-refractivity contribution in [3.8, 4) is 17.2 Å². The van der Waals surface area contributed by atoms with Gasteiger partial charge in [-0.05, 0) is 66.6 Å². The number of carbonyl (C=O) groups is 1. The van der Waals surface area contributed by atoms with Crippen LogP contribution in [0.3, 0.4) is 0 Å². The van der Waals surface area contributed by atoms with Crippen molar-refractivity contribution < 1.29 is 19.0 Å². The molecule has 1 atom stereocenters. The number of hydrogen-bond acceptors (Lipinski definition) is 4. The molecule has 1 amide bonds. The third-order valence-electron chi connectivity index (χ3n) is 4.93. The van der Waals surface area contributed by atoms with Crippen molar-refractivity contribution in [2.24, 2.45) is 0 Å². The second-order valence-corrected chi connectivity index (χ2v) is 6.71. The maximum atomic E-state index is 12.6. The molecule has 27 heavy (non-hydrogen) atoms. The number of fused-ring (bicyclic) bond motifs is 1. The molecule has 0 heterocycles. The number of amides is 1. The van der Waals surface area contributed by atoms with E-state index >= 15 is 0 Å². The van der Waals surface area contributed by atoms with Crippen LogP contribution >= 0.6 is 0 Å². The molecular formula is C22H27NO4. The zero-order chi connectivity index (χ0) is 19.2. The van der Waals surface area contributed by atoms with Crippen LogP contribution in [0.4, 0.5) is 0 Å². The van der Waals surface area contributed by atoms with Crippen LogP contribution in [0.5, 0.6) is 17.2 Å². The van der Waals surface area contributed by atoms with Gasteiger partial charge >= 0.3 is 0 Å². The van der Waals surface area contributed by atoms with Crippen LogP contribution in [0, 0.1) is 0 Å². The fourth-order valence-corrected chi connectivity index (χ4v) is 3.40.